The molecule has 0 aromatic carbocycles. The first-order valence-corrected chi connectivity index (χ1v) is 7.80. The Kier molecular flexibility index (Phi) is 9.33. The SMILES string of the molecule is CCCNC[Si](OCC)(OCC)OCC. The number of nitrogens with one attached hydrogen (secondary N) is 1. The molecule has 4 nitrogen and oxygen atoms in total. The van der Waals surface area contributed by atoms with Crippen LogP contribution < -0.4 is 5.32 Å². The quantitative estimate of drug-likeness (QED) is 0.461. The van der Waals surface area contributed by atoms with Crippen LogP contribution in [0.5, 0.6) is 0 Å². The lowest BCUT2D eigenvalue weighted by Crippen LogP contribution is -2.54. The van der Waals surface area contributed by atoms with Gasteiger partial charge in [0.15, 0.2) is 0 Å². The molecule has 0 radical (unpaired) electrons. The van der Waals surface area contributed by atoms with Crippen LogP contribution in [-0.4, -0.2) is 41.3 Å². The fraction of sp³-hybridized carbons (Fsp3) is 1.00. The van der Waals surface area contributed by atoms with Crippen LogP contribution in [0, 0.1) is 0 Å². The highest BCUT2D eigenvalue weighted by Gasteiger charge is 2.39. The van der Waals surface area contributed by atoms with Crippen molar-refractivity contribution in [2.45, 2.75) is 34.1 Å². The predicted octanol–water partition coefficient (Wildman–Crippen LogP) is 1.57. The summed E-state index contributed by atoms with van der Waals surface area (Å²) >= 11 is 0. The highest BCUT2D eigenvalue weighted by atomic mass is 28.4. The van der Waals surface area contributed by atoms with Crippen molar-refractivity contribution in [1.82, 2.24) is 5.32 Å². The Morgan fingerprint density at radius 3 is 1.67 bits per heavy atom. The summed E-state index contributed by atoms with van der Waals surface area (Å²) in [4.78, 5) is 0. The molecule has 92 valence electrons. The maximum absolute atomic E-state index is 5.69. The third kappa shape index (κ3) is 6.27. The van der Waals surface area contributed by atoms with E-state index in [2.05, 4.69) is 12.2 Å². The Balaban J connectivity index is 4.18. The van der Waals surface area contributed by atoms with E-state index in [1.165, 1.54) is 0 Å². The second-order valence-corrected chi connectivity index (χ2v) is 5.74. The largest absolute Gasteiger partial charge is 0.515 e. The van der Waals surface area contributed by atoms with Crippen molar-refractivity contribution in [3.05, 3.63) is 0 Å². The zero-order chi connectivity index (χ0) is 11.6. The molecule has 0 unspecified atom stereocenters. The van der Waals surface area contributed by atoms with Gasteiger partial charge in [-0.15, -0.1) is 0 Å². The second-order valence-electron chi connectivity index (χ2n) is 3.16. The summed E-state index contributed by atoms with van der Waals surface area (Å²) in [6, 6.07) is 0. The van der Waals surface area contributed by atoms with Gasteiger partial charge in [-0.2, -0.15) is 0 Å². The van der Waals surface area contributed by atoms with Gasteiger partial charge in [-0.3, -0.25) is 0 Å². The second kappa shape index (κ2) is 9.29. The standard InChI is InChI=1S/C10H25NO3Si/c1-5-9-11-10-15(12-6-2,13-7-3)14-8-4/h11H,5-10H2,1-4H3. The predicted molar refractivity (Wildman–Crippen MR) is 63.8 cm³/mol. The summed E-state index contributed by atoms with van der Waals surface area (Å²) in [5.74, 6) is 0. The van der Waals surface area contributed by atoms with E-state index in [4.69, 9.17) is 13.3 Å². The van der Waals surface area contributed by atoms with E-state index in [-0.39, 0.29) is 0 Å². The van der Waals surface area contributed by atoms with E-state index in [1.807, 2.05) is 20.8 Å². The monoisotopic (exact) mass is 235 g/mol. The van der Waals surface area contributed by atoms with Gasteiger partial charge in [0.25, 0.3) is 0 Å². The van der Waals surface area contributed by atoms with Gasteiger partial charge < -0.3 is 18.6 Å². The molecule has 0 aliphatic rings. The topological polar surface area (TPSA) is 39.7 Å². The molecule has 0 spiro atoms. The first-order chi connectivity index (χ1) is 7.24. The molecular formula is C10H25NO3Si. The lowest BCUT2D eigenvalue weighted by molar-refractivity contribution is 0.0702. The van der Waals surface area contributed by atoms with Crippen LogP contribution in [0.3, 0.4) is 0 Å². The molecule has 0 amide bonds. The zero-order valence-electron chi connectivity index (χ0n) is 10.5. The molecule has 0 bridgehead atoms. The van der Waals surface area contributed by atoms with Crippen molar-refractivity contribution < 1.29 is 13.3 Å². The molecule has 0 aliphatic heterocycles. The van der Waals surface area contributed by atoms with Gasteiger partial charge in [-0.05, 0) is 33.7 Å². The van der Waals surface area contributed by atoms with Gasteiger partial charge in [-0.25, -0.2) is 0 Å². The van der Waals surface area contributed by atoms with E-state index < -0.39 is 8.80 Å². The molecule has 0 aliphatic carbocycles. The maximum Gasteiger partial charge on any atom is 0.515 e. The van der Waals surface area contributed by atoms with Crippen molar-refractivity contribution in [2.24, 2.45) is 0 Å². The molecular weight excluding hydrogens is 210 g/mol. The van der Waals surface area contributed by atoms with Gasteiger partial charge in [0.05, 0.1) is 6.17 Å². The third-order valence-electron chi connectivity index (χ3n) is 1.86. The van der Waals surface area contributed by atoms with Crippen LogP contribution in [-0.2, 0) is 13.3 Å². The summed E-state index contributed by atoms with van der Waals surface area (Å²) in [7, 11) is -2.44. The van der Waals surface area contributed by atoms with Crippen LogP contribution in [0.25, 0.3) is 0 Å². The van der Waals surface area contributed by atoms with Gasteiger partial charge in [0.1, 0.15) is 0 Å². The molecule has 0 rings (SSSR count). The van der Waals surface area contributed by atoms with Crippen LogP contribution >= 0.6 is 0 Å². The van der Waals surface area contributed by atoms with Crippen molar-refractivity contribution in [3.63, 3.8) is 0 Å². The lowest BCUT2D eigenvalue weighted by atomic mass is 10.5. The Bertz CT molecular complexity index is 130. The highest BCUT2D eigenvalue weighted by Crippen LogP contribution is 2.08. The molecule has 0 atom stereocenters. The van der Waals surface area contributed by atoms with Gasteiger partial charge >= 0.3 is 8.80 Å². The Morgan fingerprint density at radius 2 is 1.33 bits per heavy atom. The molecule has 5 heteroatoms. The first kappa shape index (κ1) is 15.1. The Morgan fingerprint density at radius 1 is 0.867 bits per heavy atom. The lowest BCUT2D eigenvalue weighted by Gasteiger charge is -2.28. The van der Waals surface area contributed by atoms with Gasteiger partial charge in [0.2, 0.25) is 0 Å². The van der Waals surface area contributed by atoms with Crippen molar-refractivity contribution >= 4 is 8.80 Å². The summed E-state index contributed by atoms with van der Waals surface area (Å²) in [5, 5.41) is 3.32. The van der Waals surface area contributed by atoms with E-state index in [0.29, 0.717) is 26.0 Å². The van der Waals surface area contributed by atoms with E-state index in [9.17, 15) is 0 Å². The summed E-state index contributed by atoms with van der Waals surface area (Å²) in [6.45, 7) is 10.9. The van der Waals surface area contributed by atoms with Crippen LogP contribution in [0.4, 0.5) is 0 Å². The third-order valence-corrected chi connectivity index (χ3v) is 4.73. The molecule has 0 aromatic heterocycles. The van der Waals surface area contributed by atoms with E-state index in [0.717, 1.165) is 13.0 Å². The number of hydrogen-bond acceptors (Lipinski definition) is 4. The minimum atomic E-state index is -2.44. The average molecular weight is 235 g/mol. The van der Waals surface area contributed by atoms with Crippen molar-refractivity contribution in [3.8, 4) is 0 Å². The fourth-order valence-electron chi connectivity index (χ4n) is 1.36. The van der Waals surface area contributed by atoms with Crippen LogP contribution in [0.1, 0.15) is 34.1 Å². The van der Waals surface area contributed by atoms with Gasteiger partial charge in [0, 0.05) is 19.8 Å². The summed E-state index contributed by atoms with van der Waals surface area (Å²) in [6.07, 6.45) is 1.81. The Labute approximate surface area is 94.7 Å². The minimum absolute atomic E-state index is 0.639. The number of hydrogen-bond donors (Lipinski definition) is 1. The molecule has 0 heterocycles. The molecule has 0 fully saturated rings. The summed E-state index contributed by atoms with van der Waals surface area (Å²) < 4.78 is 17.1. The van der Waals surface area contributed by atoms with Crippen molar-refractivity contribution in [1.29, 1.82) is 0 Å². The van der Waals surface area contributed by atoms with E-state index >= 15 is 0 Å². The van der Waals surface area contributed by atoms with Crippen molar-refractivity contribution in [2.75, 3.05) is 32.5 Å². The molecule has 0 saturated heterocycles. The minimum Gasteiger partial charge on any atom is -0.373 e. The fourth-order valence-corrected chi connectivity index (χ4v) is 3.71. The molecule has 15 heavy (non-hydrogen) atoms. The van der Waals surface area contributed by atoms with Crippen LogP contribution in [0.15, 0.2) is 0 Å². The molecule has 1 N–H and O–H groups in total. The molecule has 0 saturated carbocycles. The maximum atomic E-state index is 5.69. The summed E-state index contributed by atoms with van der Waals surface area (Å²) in [5.41, 5.74) is 0. The smallest absolute Gasteiger partial charge is 0.373 e. The Hall–Kier alpha value is 0.0569. The van der Waals surface area contributed by atoms with Crippen LogP contribution in [0.2, 0.25) is 0 Å². The highest BCUT2D eigenvalue weighted by molar-refractivity contribution is 6.60. The first-order valence-electron chi connectivity index (χ1n) is 5.87. The van der Waals surface area contributed by atoms with E-state index in [1.54, 1.807) is 0 Å². The van der Waals surface area contributed by atoms with Gasteiger partial charge in [-0.1, -0.05) is 6.92 Å². The zero-order valence-corrected chi connectivity index (χ0v) is 11.5. The molecule has 0 aromatic rings. The average Bonchev–Trinajstić information content (AvgIpc) is 2.19. The normalized spacial score (nSPS) is 12.0. The number of rotatable bonds is 10.